The Kier molecular flexibility index (Phi) is 4.97. The minimum absolute atomic E-state index is 0.153. The van der Waals surface area contributed by atoms with Crippen molar-refractivity contribution in [3.8, 4) is 0 Å². The number of fused-ring (bicyclic) bond motifs is 5. The molecule has 0 spiro atoms. The standard InChI is InChI=1S/C18H29NO4/c1-4-19-17(20)23-12-7-5-6-8-13-14(11-12)16-10-9-15(13)18(16,21-2)22-3/h5,7,12-16H,4,6,8-11H2,1-3H3,(H,19,20)/b7-5+. The van der Waals surface area contributed by atoms with E-state index in [1.807, 2.05) is 6.92 Å². The topological polar surface area (TPSA) is 56.8 Å². The second-order valence-electron chi connectivity index (χ2n) is 6.96. The summed E-state index contributed by atoms with van der Waals surface area (Å²) in [7, 11) is 3.55. The molecule has 5 atom stereocenters. The summed E-state index contributed by atoms with van der Waals surface area (Å²) in [5.74, 6) is 1.52. The number of amides is 1. The Morgan fingerprint density at radius 2 is 1.87 bits per heavy atom. The van der Waals surface area contributed by atoms with Gasteiger partial charge in [0.05, 0.1) is 0 Å². The minimum Gasteiger partial charge on any atom is -0.442 e. The molecule has 3 aliphatic carbocycles. The molecule has 0 radical (unpaired) electrons. The number of methoxy groups -OCH3 is 2. The lowest BCUT2D eigenvalue weighted by Crippen LogP contribution is -2.40. The van der Waals surface area contributed by atoms with E-state index in [4.69, 9.17) is 14.2 Å². The van der Waals surface area contributed by atoms with Gasteiger partial charge in [0.2, 0.25) is 0 Å². The first-order valence-corrected chi connectivity index (χ1v) is 8.87. The predicted octanol–water partition coefficient (Wildman–Crippen LogP) is 3.10. The van der Waals surface area contributed by atoms with Crippen LogP contribution in [0.25, 0.3) is 0 Å². The SMILES string of the molecule is CCNC(=O)OC1/C=C/CCC2C(C1)C1CCC2C1(OC)OC. The number of rotatable bonds is 4. The van der Waals surface area contributed by atoms with Crippen molar-refractivity contribution in [1.82, 2.24) is 5.32 Å². The lowest BCUT2D eigenvalue weighted by molar-refractivity contribution is -0.239. The lowest BCUT2D eigenvalue weighted by atomic mass is 9.73. The third kappa shape index (κ3) is 2.78. The lowest BCUT2D eigenvalue weighted by Gasteiger charge is -2.33. The highest BCUT2D eigenvalue weighted by Crippen LogP contribution is 2.62. The van der Waals surface area contributed by atoms with Crippen molar-refractivity contribution in [1.29, 1.82) is 0 Å². The number of hydrogen-bond acceptors (Lipinski definition) is 4. The molecule has 2 bridgehead atoms. The van der Waals surface area contributed by atoms with Crippen LogP contribution in [0.4, 0.5) is 4.79 Å². The van der Waals surface area contributed by atoms with Gasteiger partial charge in [0, 0.05) is 32.6 Å². The zero-order valence-corrected chi connectivity index (χ0v) is 14.4. The van der Waals surface area contributed by atoms with Gasteiger partial charge in [-0.1, -0.05) is 6.08 Å². The van der Waals surface area contributed by atoms with Gasteiger partial charge in [-0.15, -0.1) is 0 Å². The van der Waals surface area contributed by atoms with E-state index >= 15 is 0 Å². The molecule has 5 heteroatoms. The summed E-state index contributed by atoms with van der Waals surface area (Å²) in [6.07, 6.45) is 9.13. The molecule has 3 aliphatic rings. The number of carbonyl (C=O) groups excluding carboxylic acids is 1. The molecule has 2 saturated carbocycles. The van der Waals surface area contributed by atoms with Gasteiger partial charge in [-0.05, 0) is 56.9 Å². The van der Waals surface area contributed by atoms with Crippen LogP contribution in [-0.4, -0.2) is 38.7 Å². The van der Waals surface area contributed by atoms with E-state index < -0.39 is 5.79 Å². The Morgan fingerprint density at radius 3 is 2.52 bits per heavy atom. The highest BCUT2D eigenvalue weighted by Gasteiger charge is 2.64. The Morgan fingerprint density at radius 1 is 1.17 bits per heavy atom. The summed E-state index contributed by atoms with van der Waals surface area (Å²) in [4.78, 5) is 11.8. The van der Waals surface area contributed by atoms with Crippen molar-refractivity contribution in [3.05, 3.63) is 12.2 Å². The molecule has 130 valence electrons. The monoisotopic (exact) mass is 323 g/mol. The van der Waals surface area contributed by atoms with Crippen molar-refractivity contribution in [2.24, 2.45) is 23.7 Å². The van der Waals surface area contributed by atoms with Gasteiger partial charge in [0.15, 0.2) is 5.79 Å². The van der Waals surface area contributed by atoms with E-state index in [1.165, 1.54) is 12.8 Å². The molecule has 0 aromatic rings. The van der Waals surface area contributed by atoms with Gasteiger partial charge in [0.1, 0.15) is 6.10 Å². The van der Waals surface area contributed by atoms with E-state index in [0.717, 1.165) is 19.3 Å². The van der Waals surface area contributed by atoms with Gasteiger partial charge < -0.3 is 19.5 Å². The van der Waals surface area contributed by atoms with E-state index in [0.29, 0.717) is 30.2 Å². The molecule has 1 amide bonds. The second-order valence-corrected chi connectivity index (χ2v) is 6.96. The molecular formula is C18H29NO4. The highest BCUT2D eigenvalue weighted by atomic mass is 16.7. The van der Waals surface area contributed by atoms with Crippen LogP contribution < -0.4 is 5.32 Å². The van der Waals surface area contributed by atoms with Crippen LogP contribution in [0.3, 0.4) is 0 Å². The molecule has 1 N–H and O–H groups in total. The maximum Gasteiger partial charge on any atom is 0.407 e. The number of hydrogen-bond donors (Lipinski definition) is 1. The maximum atomic E-state index is 11.8. The largest absolute Gasteiger partial charge is 0.442 e. The van der Waals surface area contributed by atoms with E-state index in [2.05, 4.69) is 17.5 Å². The smallest absolute Gasteiger partial charge is 0.407 e. The summed E-state index contributed by atoms with van der Waals surface area (Å²) in [6.45, 7) is 2.48. The zero-order chi connectivity index (χ0) is 16.4. The van der Waals surface area contributed by atoms with Crippen molar-refractivity contribution < 1.29 is 19.0 Å². The Balaban J connectivity index is 1.77. The Bertz CT molecular complexity index is 460. The number of allylic oxidation sites excluding steroid dienone is 1. The van der Waals surface area contributed by atoms with Crippen LogP contribution in [0.15, 0.2) is 12.2 Å². The molecule has 23 heavy (non-hydrogen) atoms. The van der Waals surface area contributed by atoms with Crippen LogP contribution in [0, 0.1) is 23.7 Å². The van der Waals surface area contributed by atoms with Crippen LogP contribution in [0.2, 0.25) is 0 Å². The van der Waals surface area contributed by atoms with Gasteiger partial charge in [-0.25, -0.2) is 4.79 Å². The summed E-state index contributed by atoms with van der Waals surface area (Å²) < 4.78 is 17.4. The molecule has 5 nitrogen and oxygen atoms in total. The van der Waals surface area contributed by atoms with Crippen LogP contribution in [0.5, 0.6) is 0 Å². The summed E-state index contributed by atoms with van der Waals surface area (Å²) >= 11 is 0. The number of alkyl carbamates (subject to hydrolysis) is 1. The first-order chi connectivity index (χ1) is 11.2. The van der Waals surface area contributed by atoms with Crippen LogP contribution >= 0.6 is 0 Å². The van der Waals surface area contributed by atoms with Gasteiger partial charge >= 0.3 is 6.09 Å². The number of carbonyl (C=O) groups is 1. The Hall–Kier alpha value is -1.07. The maximum absolute atomic E-state index is 11.8. The van der Waals surface area contributed by atoms with Crippen molar-refractivity contribution in [3.63, 3.8) is 0 Å². The fraction of sp³-hybridized carbons (Fsp3) is 0.833. The van der Waals surface area contributed by atoms with E-state index in [-0.39, 0.29) is 12.2 Å². The molecule has 0 aromatic heterocycles. The first kappa shape index (κ1) is 16.8. The zero-order valence-electron chi connectivity index (χ0n) is 14.4. The minimum atomic E-state index is -0.435. The summed E-state index contributed by atoms with van der Waals surface area (Å²) in [5.41, 5.74) is 0. The summed E-state index contributed by atoms with van der Waals surface area (Å²) in [5, 5.41) is 2.72. The third-order valence-corrected chi connectivity index (χ3v) is 6.15. The molecule has 0 saturated heterocycles. The van der Waals surface area contributed by atoms with Gasteiger partial charge in [0.25, 0.3) is 0 Å². The van der Waals surface area contributed by atoms with E-state index in [1.54, 1.807) is 14.2 Å². The molecule has 0 heterocycles. The molecule has 5 unspecified atom stereocenters. The number of ether oxygens (including phenoxy) is 3. The van der Waals surface area contributed by atoms with Gasteiger partial charge in [-0.3, -0.25) is 0 Å². The molecular weight excluding hydrogens is 294 g/mol. The normalized spacial score (nSPS) is 39.2. The van der Waals surface area contributed by atoms with Crippen molar-refractivity contribution >= 4 is 6.09 Å². The van der Waals surface area contributed by atoms with Crippen molar-refractivity contribution in [2.45, 2.75) is 50.9 Å². The molecule has 2 fully saturated rings. The third-order valence-electron chi connectivity index (χ3n) is 6.15. The Labute approximate surface area is 138 Å². The molecule has 0 aromatic carbocycles. The number of nitrogens with one attached hydrogen (secondary N) is 1. The highest BCUT2D eigenvalue weighted by molar-refractivity contribution is 5.67. The van der Waals surface area contributed by atoms with Crippen LogP contribution in [0.1, 0.15) is 39.0 Å². The summed E-state index contributed by atoms with van der Waals surface area (Å²) in [6, 6.07) is 0. The quantitative estimate of drug-likeness (QED) is 0.638. The fourth-order valence-corrected chi connectivity index (χ4v) is 5.40. The predicted molar refractivity (Wildman–Crippen MR) is 86.9 cm³/mol. The van der Waals surface area contributed by atoms with E-state index in [9.17, 15) is 4.79 Å². The molecule has 0 aliphatic heterocycles. The fourth-order valence-electron chi connectivity index (χ4n) is 5.40. The average molecular weight is 323 g/mol. The van der Waals surface area contributed by atoms with Crippen LogP contribution in [-0.2, 0) is 14.2 Å². The van der Waals surface area contributed by atoms with Gasteiger partial charge in [-0.2, -0.15) is 0 Å². The first-order valence-electron chi connectivity index (χ1n) is 8.87. The molecule has 3 rings (SSSR count). The average Bonchev–Trinajstić information content (AvgIpc) is 2.99. The second kappa shape index (κ2) is 6.81. The van der Waals surface area contributed by atoms with Crippen molar-refractivity contribution in [2.75, 3.05) is 20.8 Å².